The van der Waals surface area contributed by atoms with E-state index >= 15 is 0 Å². The van der Waals surface area contributed by atoms with Crippen molar-refractivity contribution in [3.63, 3.8) is 0 Å². The zero-order valence-corrected chi connectivity index (χ0v) is 12.0. The predicted octanol–water partition coefficient (Wildman–Crippen LogP) is 1.33. The highest BCUT2D eigenvalue weighted by atomic mass is 32.1. The number of rotatable bonds is 6. The number of nitrogens with zero attached hydrogens (tertiary/aromatic N) is 1. The van der Waals surface area contributed by atoms with Gasteiger partial charge in [0.15, 0.2) is 0 Å². The van der Waals surface area contributed by atoms with Crippen molar-refractivity contribution in [3.05, 3.63) is 0 Å². The number of carbonyl (C=O) groups is 1. The number of methoxy groups -OCH3 is 1. The smallest absolute Gasteiger partial charge is 0.235 e. The maximum atomic E-state index is 12.7. The molecular formula is C13H22N2O2S. The van der Waals surface area contributed by atoms with E-state index in [1.807, 2.05) is 4.90 Å². The van der Waals surface area contributed by atoms with Crippen LogP contribution < -0.4 is 5.73 Å². The zero-order chi connectivity index (χ0) is 13.3. The van der Waals surface area contributed by atoms with E-state index in [2.05, 4.69) is 6.92 Å². The predicted molar refractivity (Wildman–Crippen MR) is 74.2 cm³/mol. The third-order valence-corrected chi connectivity index (χ3v) is 4.45. The fraction of sp³-hybridized carbons (Fsp3) is 0.846. The Hall–Kier alpha value is -0.680. The van der Waals surface area contributed by atoms with Crippen molar-refractivity contribution in [2.24, 2.45) is 17.1 Å². The van der Waals surface area contributed by atoms with Crippen LogP contribution in [0.3, 0.4) is 0 Å². The summed E-state index contributed by atoms with van der Waals surface area (Å²) in [6.07, 6.45) is 3.80. The number of hydrogen-bond acceptors (Lipinski definition) is 3. The third-order valence-electron chi connectivity index (χ3n) is 4.06. The molecule has 1 amide bonds. The normalized spacial score (nSPS) is 30.7. The van der Waals surface area contributed by atoms with Crippen LogP contribution in [0, 0.1) is 11.3 Å². The third kappa shape index (κ3) is 2.38. The molecule has 0 aromatic carbocycles. The fourth-order valence-electron chi connectivity index (χ4n) is 2.91. The molecular weight excluding hydrogens is 248 g/mol. The minimum atomic E-state index is -0.564. The van der Waals surface area contributed by atoms with Crippen LogP contribution in [0.5, 0.6) is 0 Å². The minimum Gasteiger partial charge on any atom is -0.392 e. The molecule has 2 fully saturated rings. The SMILES string of the molecule is COCCN(C(=O)C1(C(N)=S)CC(C)C1)C1CC1. The van der Waals surface area contributed by atoms with Crippen LogP contribution in [0.25, 0.3) is 0 Å². The van der Waals surface area contributed by atoms with E-state index in [1.54, 1.807) is 7.11 Å². The van der Waals surface area contributed by atoms with Crippen molar-refractivity contribution in [2.45, 2.75) is 38.6 Å². The Morgan fingerprint density at radius 2 is 2.11 bits per heavy atom. The van der Waals surface area contributed by atoms with Crippen molar-refractivity contribution in [1.82, 2.24) is 4.90 Å². The summed E-state index contributed by atoms with van der Waals surface area (Å²) in [7, 11) is 1.66. The maximum Gasteiger partial charge on any atom is 0.235 e. The molecule has 0 aromatic heterocycles. The van der Waals surface area contributed by atoms with Gasteiger partial charge in [0.1, 0.15) is 0 Å². The first-order valence-electron chi connectivity index (χ1n) is 6.61. The van der Waals surface area contributed by atoms with Gasteiger partial charge in [-0.25, -0.2) is 0 Å². The molecule has 0 atom stereocenters. The molecule has 18 heavy (non-hydrogen) atoms. The number of ether oxygens (including phenoxy) is 1. The second-order valence-corrected chi connectivity index (χ2v) is 6.12. The lowest BCUT2D eigenvalue weighted by Gasteiger charge is -2.46. The van der Waals surface area contributed by atoms with E-state index in [0.29, 0.717) is 30.1 Å². The van der Waals surface area contributed by atoms with E-state index in [1.165, 1.54) is 0 Å². The molecule has 0 saturated heterocycles. The highest BCUT2D eigenvalue weighted by molar-refractivity contribution is 7.80. The summed E-state index contributed by atoms with van der Waals surface area (Å²) in [5, 5.41) is 0. The molecule has 2 N–H and O–H groups in total. The fourth-order valence-corrected chi connectivity index (χ4v) is 3.17. The number of hydrogen-bond donors (Lipinski definition) is 1. The van der Waals surface area contributed by atoms with E-state index in [0.717, 1.165) is 25.7 Å². The largest absolute Gasteiger partial charge is 0.392 e. The highest BCUT2D eigenvalue weighted by Gasteiger charge is 2.54. The van der Waals surface area contributed by atoms with Gasteiger partial charge in [0.2, 0.25) is 5.91 Å². The minimum absolute atomic E-state index is 0.132. The van der Waals surface area contributed by atoms with Crippen LogP contribution in [0.1, 0.15) is 32.6 Å². The summed E-state index contributed by atoms with van der Waals surface area (Å²) < 4.78 is 5.09. The summed E-state index contributed by atoms with van der Waals surface area (Å²) in [5.41, 5.74) is 5.27. The van der Waals surface area contributed by atoms with Gasteiger partial charge in [-0.15, -0.1) is 0 Å². The second kappa shape index (κ2) is 5.13. The lowest BCUT2D eigenvalue weighted by Crippen LogP contribution is -2.57. The molecule has 0 spiro atoms. The van der Waals surface area contributed by atoms with Crippen molar-refractivity contribution >= 4 is 23.1 Å². The molecule has 2 rings (SSSR count). The molecule has 0 bridgehead atoms. The van der Waals surface area contributed by atoms with Gasteiger partial charge < -0.3 is 15.4 Å². The Balaban J connectivity index is 2.09. The van der Waals surface area contributed by atoms with Gasteiger partial charge in [-0.2, -0.15) is 0 Å². The quantitative estimate of drug-likeness (QED) is 0.740. The first kappa shape index (κ1) is 13.7. The first-order chi connectivity index (χ1) is 8.51. The summed E-state index contributed by atoms with van der Waals surface area (Å²) >= 11 is 5.15. The van der Waals surface area contributed by atoms with Crippen LogP contribution in [0.15, 0.2) is 0 Å². The Morgan fingerprint density at radius 1 is 1.50 bits per heavy atom. The maximum absolute atomic E-state index is 12.7. The van der Waals surface area contributed by atoms with E-state index in [9.17, 15) is 4.79 Å². The Labute approximate surface area is 114 Å². The zero-order valence-electron chi connectivity index (χ0n) is 11.1. The lowest BCUT2D eigenvalue weighted by atomic mass is 9.61. The Morgan fingerprint density at radius 3 is 2.50 bits per heavy atom. The molecule has 2 aliphatic carbocycles. The van der Waals surface area contributed by atoms with Crippen LogP contribution in [0.2, 0.25) is 0 Å². The van der Waals surface area contributed by atoms with Gasteiger partial charge in [0, 0.05) is 19.7 Å². The lowest BCUT2D eigenvalue weighted by molar-refractivity contribution is -0.145. The summed E-state index contributed by atoms with van der Waals surface area (Å²) in [4.78, 5) is 15.0. The molecule has 0 aromatic rings. The van der Waals surface area contributed by atoms with Crippen LogP contribution >= 0.6 is 12.2 Å². The molecule has 0 heterocycles. The van der Waals surface area contributed by atoms with Gasteiger partial charge >= 0.3 is 0 Å². The Kier molecular flexibility index (Phi) is 3.92. The molecule has 4 nitrogen and oxygen atoms in total. The van der Waals surface area contributed by atoms with Crippen molar-refractivity contribution in [2.75, 3.05) is 20.3 Å². The summed E-state index contributed by atoms with van der Waals surface area (Å²) in [6, 6.07) is 0.384. The molecule has 0 aliphatic heterocycles. The number of carbonyl (C=O) groups excluding carboxylic acids is 1. The van der Waals surface area contributed by atoms with Gasteiger partial charge in [0.25, 0.3) is 0 Å². The van der Waals surface area contributed by atoms with Crippen LogP contribution in [0.4, 0.5) is 0 Å². The average molecular weight is 270 g/mol. The van der Waals surface area contributed by atoms with Crippen molar-refractivity contribution < 1.29 is 9.53 Å². The first-order valence-corrected chi connectivity index (χ1v) is 7.02. The molecule has 0 radical (unpaired) electrons. The Bertz CT molecular complexity index is 349. The molecule has 102 valence electrons. The van der Waals surface area contributed by atoms with E-state index < -0.39 is 5.41 Å². The number of nitrogens with two attached hydrogens (primary N) is 1. The van der Waals surface area contributed by atoms with Gasteiger partial charge in [-0.1, -0.05) is 19.1 Å². The van der Waals surface area contributed by atoms with E-state index in [4.69, 9.17) is 22.7 Å². The summed E-state index contributed by atoms with van der Waals surface area (Å²) in [5.74, 6) is 0.673. The number of amides is 1. The molecule has 2 aliphatic rings. The molecule has 0 unspecified atom stereocenters. The van der Waals surface area contributed by atoms with Crippen LogP contribution in [-0.2, 0) is 9.53 Å². The van der Waals surface area contributed by atoms with Crippen LogP contribution in [-0.4, -0.2) is 42.1 Å². The standard InChI is InChI=1S/C13H22N2O2S/c1-9-7-13(8-9,11(14)18)12(16)15(5-6-17-2)10-3-4-10/h9-10H,3-8H2,1-2H3,(H2,14,18). The topological polar surface area (TPSA) is 55.6 Å². The second-order valence-electron chi connectivity index (χ2n) is 5.68. The molecule has 2 saturated carbocycles. The monoisotopic (exact) mass is 270 g/mol. The number of thiocarbonyl (C=S) groups is 1. The van der Waals surface area contributed by atoms with Gasteiger partial charge in [-0.3, -0.25) is 4.79 Å². The van der Waals surface area contributed by atoms with Gasteiger partial charge in [0.05, 0.1) is 17.0 Å². The highest BCUT2D eigenvalue weighted by Crippen LogP contribution is 2.48. The summed E-state index contributed by atoms with van der Waals surface area (Å²) in [6.45, 7) is 3.37. The average Bonchev–Trinajstić information content (AvgIpc) is 3.08. The molecule has 5 heteroatoms. The van der Waals surface area contributed by atoms with Crippen molar-refractivity contribution in [1.29, 1.82) is 0 Å². The van der Waals surface area contributed by atoms with Gasteiger partial charge in [-0.05, 0) is 31.6 Å². The van der Waals surface area contributed by atoms with E-state index in [-0.39, 0.29) is 5.91 Å². The van der Waals surface area contributed by atoms with Crippen molar-refractivity contribution in [3.8, 4) is 0 Å².